The Hall–Kier alpha value is -1.36. The van der Waals surface area contributed by atoms with Gasteiger partial charge in [-0.15, -0.1) is 11.6 Å². The lowest BCUT2D eigenvalue weighted by Gasteiger charge is -2.13. The molecule has 0 fully saturated rings. The highest BCUT2D eigenvalue weighted by molar-refractivity contribution is 6.17. The number of nitrogens with one attached hydrogen (secondary N) is 1. The maximum absolute atomic E-state index is 5.72. The number of hydrogen-bond donors (Lipinski definition) is 1. The average Bonchev–Trinajstić information content (AvgIpc) is 2.74. The number of aromatic nitrogens is 4. The molecule has 1 atom stereocenters. The van der Waals surface area contributed by atoms with Gasteiger partial charge in [0, 0.05) is 24.2 Å². The molecular weight excluding hydrogens is 238 g/mol. The van der Waals surface area contributed by atoms with Gasteiger partial charge in [0.05, 0.1) is 0 Å². The van der Waals surface area contributed by atoms with E-state index in [2.05, 4.69) is 27.3 Å². The summed E-state index contributed by atoms with van der Waals surface area (Å²) in [6.45, 7) is 4.98. The first-order valence-corrected chi connectivity index (χ1v) is 6.21. The van der Waals surface area contributed by atoms with Crippen LogP contribution in [0.3, 0.4) is 0 Å². The molecule has 0 aromatic carbocycles. The maximum atomic E-state index is 5.72. The van der Waals surface area contributed by atoms with Crippen molar-refractivity contribution in [3.8, 4) is 0 Å². The topological polar surface area (TPSA) is 55.1 Å². The number of halogens is 1. The van der Waals surface area contributed by atoms with Crippen LogP contribution >= 0.6 is 11.6 Å². The molecule has 0 spiro atoms. The van der Waals surface area contributed by atoms with Crippen LogP contribution in [0.4, 0.5) is 5.82 Å². The summed E-state index contributed by atoms with van der Waals surface area (Å²) >= 11 is 5.72. The van der Waals surface area contributed by atoms with Crippen LogP contribution in [0.15, 0.2) is 12.4 Å². The Morgan fingerprint density at radius 2 is 2.35 bits per heavy atom. The van der Waals surface area contributed by atoms with Crippen LogP contribution in [0.2, 0.25) is 0 Å². The molecular formula is C11H16ClN5. The van der Waals surface area contributed by atoms with Gasteiger partial charge >= 0.3 is 0 Å². The molecule has 0 bridgehead atoms. The minimum Gasteiger partial charge on any atom is -0.370 e. The molecule has 92 valence electrons. The van der Waals surface area contributed by atoms with Gasteiger partial charge in [0.1, 0.15) is 12.1 Å². The molecule has 2 aromatic rings. The zero-order valence-electron chi connectivity index (χ0n) is 10.0. The molecule has 0 saturated carbocycles. The molecule has 2 heterocycles. The van der Waals surface area contributed by atoms with Gasteiger partial charge in [0.25, 0.3) is 5.78 Å². The lowest BCUT2D eigenvalue weighted by molar-refractivity contribution is 0.594. The van der Waals surface area contributed by atoms with Crippen molar-refractivity contribution in [2.45, 2.75) is 20.3 Å². The van der Waals surface area contributed by atoms with Gasteiger partial charge in [-0.2, -0.15) is 14.6 Å². The van der Waals surface area contributed by atoms with E-state index in [0.29, 0.717) is 17.6 Å². The van der Waals surface area contributed by atoms with E-state index >= 15 is 0 Å². The first kappa shape index (κ1) is 12.1. The summed E-state index contributed by atoms with van der Waals surface area (Å²) in [5, 5.41) is 7.50. The minimum absolute atomic E-state index is 0.527. The fraction of sp³-hybridized carbons (Fsp3) is 0.545. The lowest BCUT2D eigenvalue weighted by atomic mass is 10.1. The monoisotopic (exact) mass is 253 g/mol. The van der Waals surface area contributed by atoms with Crippen LogP contribution < -0.4 is 5.32 Å². The molecule has 0 saturated heterocycles. The van der Waals surface area contributed by atoms with Gasteiger partial charge in [-0.05, 0) is 19.3 Å². The number of rotatable bonds is 5. The number of hydrogen-bond acceptors (Lipinski definition) is 4. The third kappa shape index (κ3) is 2.85. The Kier molecular flexibility index (Phi) is 3.78. The highest BCUT2D eigenvalue weighted by Gasteiger charge is 2.06. The first-order chi connectivity index (χ1) is 8.20. The summed E-state index contributed by atoms with van der Waals surface area (Å²) < 4.78 is 1.71. The molecule has 2 aromatic heterocycles. The van der Waals surface area contributed by atoms with E-state index in [-0.39, 0.29) is 0 Å². The normalized spacial score (nSPS) is 12.9. The molecule has 1 N–H and O–H groups in total. The van der Waals surface area contributed by atoms with Crippen molar-refractivity contribution < 1.29 is 0 Å². The molecule has 0 aliphatic heterocycles. The molecule has 0 aliphatic rings. The number of aryl methyl sites for hydroxylation is 1. The second-order valence-electron chi connectivity index (χ2n) is 4.22. The van der Waals surface area contributed by atoms with Crippen LogP contribution in [0, 0.1) is 12.8 Å². The van der Waals surface area contributed by atoms with Crippen LogP contribution in [-0.4, -0.2) is 32.0 Å². The first-order valence-electron chi connectivity index (χ1n) is 5.68. The van der Waals surface area contributed by atoms with Crippen molar-refractivity contribution in [3.05, 3.63) is 18.1 Å². The van der Waals surface area contributed by atoms with Crippen LogP contribution in [0.5, 0.6) is 0 Å². The lowest BCUT2D eigenvalue weighted by Crippen LogP contribution is -2.14. The molecule has 2 rings (SSSR count). The number of anilines is 1. The summed E-state index contributed by atoms with van der Waals surface area (Å²) in [5.74, 6) is 2.76. The number of alkyl halides is 1. The standard InChI is InChI=1S/C11H16ClN5/c1-8(3-4-12)6-13-10-5-9(2)16-11-14-7-15-17(10)11/h5,7-8,13H,3-4,6H2,1-2H3. The van der Waals surface area contributed by atoms with Gasteiger partial charge in [0.15, 0.2) is 0 Å². The van der Waals surface area contributed by atoms with Crippen molar-refractivity contribution in [1.29, 1.82) is 0 Å². The predicted octanol–water partition coefficient (Wildman–Crippen LogP) is 2.11. The van der Waals surface area contributed by atoms with Crippen LogP contribution in [0.1, 0.15) is 19.0 Å². The fourth-order valence-electron chi connectivity index (χ4n) is 1.62. The van der Waals surface area contributed by atoms with Crippen molar-refractivity contribution in [2.75, 3.05) is 17.7 Å². The van der Waals surface area contributed by atoms with E-state index < -0.39 is 0 Å². The van der Waals surface area contributed by atoms with E-state index in [0.717, 1.165) is 24.5 Å². The Labute approximate surface area is 105 Å². The molecule has 0 radical (unpaired) electrons. The SMILES string of the molecule is Cc1cc(NCC(C)CCCl)n2ncnc2n1. The van der Waals surface area contributed by atoms with Gasteiger partial charge < -0.3 is 5.32 Å². The minimum atomic E-state index is 0.527. The van der Waals surface area contributed by atoms with Gasteiger partial charge in [0.2, 0.25) is 0 Å². The molecule has 5 nitrogen and oxygen atoms in total. The van der Waals surface area contributed by atoms with Gasteiger partial charge in [-0.1, -0.05) is 6.92 Å². The fourth-order valence-corrected chi connectivity index (χ4v) is 2.00. The van der Waals surface area contributed by atoms with E-state index in [4.69, 9.17) is 11.6 Å². The number of fused-ring (bicyclic) bond motifs is 1. The molecule has 0 amide bonds. The number of nitrogens with zero attached hydrogens (tertiary/aromatic N) is 4. The van der Waals surface area contributed by atoms with Crippen molar-refractivity contribution in [3.63, 3.8) is 0 Å². The summed E-state index contributed by atoms with van der Waals surface area (Å²) in [7, 11) is 0. The largest absolute Gasteiger partial charge is 0.370 e. The third-order valence-corrected chi connectivity index (χ3v) is 2.83. The highest BCUT2D eigenvalue weighted by Crippen LogP contribution is 2.11. The second kappa shape index (κ2) is 5.31. The second-order valence-corrected chi connectivity index (χ2v) is 4.60. The summed E-state index contributed by atoms with van der Waals surface area (Å²) in [6, 6.07) is 1.97. The highest BCUT2D eigenvalue weighted by atomic mass is 35.5. The Balaban J connectivity index is 2.14. The van der Waals surface area contributed by atoms with Crippen LogP contribution in [0.25, 0.3) is 5.78 Å². The summed E-state index contributed by atoms with van der Waals surface area (Å²) in [6.07, 6.45) is 2.51. The summed E-state index contributed by atoms with van der Waals surface area (Å²) in [5.41, 5.74) is 0.929. The quantitative estimate of drug-likeness (QED) is 0.830. The van der Waals surface area contributed by atoms with Gasteiger partial charge in [-0.3, -0.25) is 0 Å². The molecule has 6 heteroatoms. The maximum Gasteiger partial charge on any atom is 0.254 e. The van der Waals surface area contributed by atoms with E-state index in [1.165, 1.54) is 6.33 Å². The van der Waals surface area contributed by atoms with Crippen molar-refractivity contribution in [2.24, 2.45) is 5.92 Å². The van der Waals surface area contributed by atoms with Crippen molar-refractivity contribution >= 4 is 23.2 Å². The van der Waals surface area contributed by atoms with Crippen LogP contribution in [-0.2, 0) is 0 Å². The van der Waals surface area contributed by atoms with Crippen molar-refractivity contribution in [1.82, 2.24) is 19.6 Å². The predicted molar refractivity (Wildman–Crippen MR) is 68.5 cm³/mol. The Morgan fingerprint density at radius 1 is 1.53 bits per heavy atom. The van der Waals surface area contributed by atoms with E-state index in [9.17, 15) is 0 Å². The average molecular weight is 254 g/mol. The van der Waals surface area contributed by atoms with E-state index in [1.807, 2.05) is 13.0 Å². The Bertz CT molecular complexity index is 496. The smallest absolute Gasteiger partial charge is 0.254 e. The zero-order valence-corrected chi connectivity index (χ0v) is 10.8. The molecule has 0 aliphatic carbocycles. The van der Waals surface area contributed by atoms with E-state index in [1.54, 1.807) is 4.52 Å². The zero-order chi connectivity index (χ0) is 12.3. The molecule has 17 heavy (non-hydrogen) atoms. The summed E-state index contributed by atoms with van der Waals surface area (Å²) in [4.78, 5) is 8.37. The third-order valence-electron chi connectivity index (χ3n) is 2.61. The molecule has 1 unspecified atom stereocenters. The van der Waals surface area contributed by atoms with Gasteiger partial charge in [-0.25, -0.2) is 4.98 Å². The Morgan fingerprint density at radius 3 is 3.12 bits per heavy atom.